The molecule has 3 aromatic rings. The SMILES string of the molecule is COc1cccc(/C=C2\C(=O)NC(=O)N(c3ccccc3)C2=O)c1OCc1ccc(C(=O)O)cc1. The standard InChI is InChI=1S/C26H20N2O7/c1-34-21-9-5-6-18(22(21)35-15-16-10-12-17(13-11-16)25(31)32)14-20-23(29)27-26(33)28(24(20)30)19-7-3-2-4-8-19/h2-14H,15H2,1H3,(H,31,32)(H,27,29,33)/b20-14+. The summed E-state index contributed by atoms with van der Waals surface area (Å²) in [4.78, 5) is 50.0. The van der Waals surface area contributed by atoms with E-state index in [1.54, 1.807) is 60.7 Å². The van der Waals surface area contributed by atoms with Crippen molar-refractivity contribution in [2.45, 2.75) is 6.61 Å². The van der Waals surface area contributed by atoms with Gasteiger partial charge in [-0.15, -0.1) is 0 Å². The minimum Gasteiger partial charge on any atom is -0.493 e. The van der Waals surface area contributed by atoms with E-state index in [0.717, 1.165) is 4.90 Å². The first kappa shape index (κ1) is 23.2. The lowest BCUT2D eigenvalue weighted by Crippen LogP contribution is -2.54. The number of nitrogens with one attached hydrogen (secondary N) is 1. The number of nitrogens with zero attached hydrogens (tertiary/aromatic N) is 1. The van der Waals surface area contributed by atoms with Crippen LogP contribution in [0.25, 0.3) is 6.08 Å². The molecule has 176 valence electrons. The van der Waals surface area contributed by atoms with Gasteiger partial charge in [-0.1, -0.05) is 42.5 Å². The van der Waals surface area contributed by atoms with Gasteiger partial charge in [0.1, 0.15) is 12.2 Å². The number of para-hydroxylation sites is 2. The molecular weight excluding hydrogens is 452 g/mol. The fourth-order valence-corrected chi connectivity index (χ4v) is 3.49. The molecule has 0 radical (unpaired) electrons. The molecule has 4 rings (SSSR count). The molecule has 9 nitrogen and oxygen atoms in total. The highest BCUT2D eigenvalue weighted by Crippen LogP contribution is 2.34. The Kier molecular flexibility index (Phi) is 6.59. The van der Waals surface area contributed by atoms with Crippen LogP contribution in [0.3, 0.4) is 0 Å². The molecule has 0 bridgehead atoms. The third-order valence-corrected chi connectivity index (χ3v) is 5.23. The lowest BCUT2D eigenvalue weighted by Gasteiger charge is -2.26. The summed E-state index contributed by atoms with van der Waals surface area (Å²) in [5, 5.41) is 11.2. The number of hydrogen-bond acceptors (Lipinski definition) is 6. The average molecular weight is 472 g/mol. The zero-order valence-electron chi connectivity index (χ0n) is 18.6. The number of aromatic carboxylic acids is 1. The number of carboxylic acids is 1. The smallest absolute Gasteiger partial charge is 0.335 e. The van der Waals surface area contributed by atoms with Crippen LogP contribution in [-0.4, -0.2) is 36.0 Å². The number of carbonyl (C=O) groups is 4. The van der Waals surface area contributed by atoms with Crippen molar-refractivity contribution < 1.29 is 33.8 Å². The Morgan fingerprint density at radius 3 is 2.34 bits per heavy atom. The van der Waals surface area contributed by atoms with E-state index in [1.807, 2.05) is 0 Å². The van der Waals surface area contributed by atoms with E-state index in [9.17, 15) is 19.2 Å². The molecule has 3 aromatic carbocycles. The number of hydrogen-bond donors (Lipinski definition) is 2. The van der Waals surface area contributed by atoms with Crippen LogP contribution in [0.1, 0.15) is 21.5 Å². The van der Waals surface area contributed by atoms with Crippen LogP contribution < -0.4 is 19.7 Å². The summed E-state index contributed by atoms with van der Waals surface area (Å²) in [6, 6.07) is 18.6. The van der Waals surface area contributed by atoms with Gasteiger partial charge in [-0.25, -0.2) is 14.5 Å². The molecular formula is C26H20N2O7. The number of methoxy groups -OCH3 is 1. The molecule has 4 amide bonds. The molecule has 1 heterocycles. The number of barbiturate groups is 1. The summed E-state index contributed by atoms with van der Waals surface area (Å²) in [5.74, 6) is -2.00. The van der Waals surface area contributed by atoms with Crippen LogP contribution in [0, 0.1) is 0 Å². The number of imide groups is 2. The van der Waals surface area contributed by atoms with Gasteiger partial charge in [0, 0.05) is 5.56 Å². The molecule has 1 aliphatic heterocycles. The van der Waals surface area contributed by atoms with Crippen molar-refractivity contribution in [1.82, 2.24) is 5.32 Å². The summed E-state index contributed by atoms with van der Waals surface area (Å²) in [6.45, 7) is 0.0746. The molecule has 1 aliphatic rings. The predicted octanol–water partition coefficient (Wildman–Crippen LogP) is 3.64. The third-order valence-electron chi connectivity index (χ3n) is 5.23. The first-order chi connectivity index (χ1) is 16.9. The highest BCUT2D eigenvalue weighted by molar-refractivity contribution is 6.39. The monoisotopic (exact) mass is 472 g/mol. The van der Waals surface area contributed by atoms with E-state index < -0.39 is 23.8 Å². The third kappa shape index (κ3) is 4.88. The molecule has 9 heteroatoms. The van der Waals surface area contributed by atoms with Crippen molar-refractivity contribution in [3.8, 4) is 11.5 Å². The van der Waals surface area contributed by atoms with Crippen LogP contribution in [0.4, 0.5) is 10.5 Å². The van der Waals surface area contributed by atoms with Gasteiger partial charge >= 0.3 is 12.0 Å². The van der Waals surface area contributed by atoms with Gasteiger partial charge in [0.25, 0.3) is 11.8 Å². The Balaban J connectivity index is 1.67. The summed E-state index contributed by atoms with van der Waals surface area (Å²) in [7, 11) is 1.45. The van der Waals surface area contributed by atoms with Crippen LogP contribution in [0.15, 0.2) is 78.4 Å². The Labute approximate surface area is 200 Å². The first-order valence-electron chi connectivity index (χ1n) is 10.5. The van der Waals surface area contributed by atoms with Gasteiger partial charge in [-0.2, -0.15) is 0 Å². The van der Waals surface area contributed by atoms with Crippen molar-refractivity contribution in [3.05, 3.63) is 95.1 Å². The quantitative estimate of drug-likeness (QED) is 0.398. The number of ether oxygens (including phenoxy) is 2. The predicted molar refractivity (Wildman–Crippen MR) is 126 cm³/mol. The zero-order valence-corrected chi connectivity index (χ0v) is 18.6. The minimum atomic E-state index is -1.03. The normalized spacial score (nSPS) is 14.6. The number of urea groups is 1. The van der Waals surface area contributed by atoms with Crippen LogP contribution in [0.2, 0.25) is 0 Å². The van der Waals surface area contributed by atoms with Crippen molar-refractivity contribution in [3.63, 3.8) is 0 Å². The second kappa shape index (κ2) is 9.92. The number of benzene rings is 3. The Bertz CT molecular complexity index is 1330. The number of amides is 4. The molecule has 0 aliphatic carbocycles. The van der Waals surface area contributed by atoms with E-state index in [2.05, 4.69) is 5.32 Å². The van der Waals surface area contributed by atoms with Crippen molar-refractivity contribution >= 4 is 35.6 Å². The molecule has 35 heavy (non-hydrogen) atoms. The van der Waals surface area contributed by atoms with Crippen LogP contribution >= 0.6 is 0 Å². The lowest BCUT2D eigenvalue weighted by molar-refractivity contribution is -0.122. The number of carbonyl (C=O) groups excluding carboxylic acids is 3. The summed E-state index contributed by atoms with van der Waals surface area (Å²) in [5.41, 5.74) is 1.30. The maximum absolute atomic E-state index is 13.1. The van der Waals surface area contributed by atoms with Gasteiger partial charge in [-0.05, 0) is 42.0 Å². The minimum absolute atomic E-state index is 0.0746. The Morgan fingerprint density at radius 2 is 1.69 bits per heavy atom. The number of rotatable bonds is 7. The van der Waals surface area contributed by atoms with Crippen molar-refractivity contribution in [2.75, 3.05) is 12.0 Å². The Hall–Kier alpha value is -4.92. The van der Waals surface area contributed by atoms with E-state index >= 15 is 0 Å². The molecule has 2 N–H and O–H groups in total. The first-order valence-corrected chi connectivity index (χ1v) is 10.5. The van der Waals surface area contributed by atoms with Crippen molar-refractivity contribution in [1.29, 1.82) is 0 Å². The van der Waals surface area contributed by atoms with Crippen molar-refractivity contribution in [2.24, 2.45) is 0 Å². The maximum atomic E-state index is 13.1. The molecule has 1 saturated heterocycles. The van der Waals surface area contributed by atoms with Gasteiger partial charge < -0.3 is 14.6 Å². The van der Waals surface area contributed by atoms with Crippen LogP contribution in [-0.2, 0) is 16.2 Å². The fourth-order valence-electron chi connectivity index (χ4n) is 3.49. The number of carboxylic acid groups (broad SMARTS) is 1. The summed E-state index contributed by atoms with van der Waals surface area (Å²) < 4.78 is 11.3. The van der Waals surface area contributed by atoms with E-state index in [4.69, 9.17) is 14.6 Å². The largest absolute Gasteiger partial charge is 0.493 e. The zero-order chi connectivity index (χ0) is 24.9. The molecule has 0 unspecified atom stereocenters. The topological polar surface area (TPSA) is 122 Å². The summed E-state index contributed by atoms with van der Waals surface area (Å²) >= 11 is 0. The van der Waals surface area contributed by atoms with Crippen LogP contribution in [0.5, 0.6) is 11.5 Å². The highest BCUT2D eigenvalue weighted by atomic mass is 16.5. The van der Waals surface area contributed by atoms with Gasteiger partial charge in [0.2, 0.25) is 0 Å². The maximum Gasteiger partial charge on any atom is 0.335 e. The molecule has 0 aromatic heterocycles. The molecule has 0 spiro atoms. The lowest BCUT2D eigenvalue weighted by atomic mass is 10.1. The molecule has 0 saturated carbocycles. The second-order valence-electron chi connectivity index (χ2n) is 7.46. The second-order valence-corrected chi connectivity index (χ2v) is 7.46. The Morgan fingerprint density at radius 1 is 0.971 bits per heavy atom. The number of anilines is 1. The summed E-state index contributed by atoms with van der Waals surface area (Å²) in [6.07, 6.45) is 1.34. The van der Waals surface area contributed by atoms with E-state index in [1.165, 1.54) is 25.3 Å². The fraction of sp³-hybridized carbons (Fsp3) is 0.0769. The van der Waals surface area contributed by atoms with E-state index in [-0.39, 0.29) is 23.5 Å². The van der Waals surface area contributed by atoms with Gasteiger partial charge in [-0.3, -0.25) is 14.9 Å². The highest BCUT2D eigenvalue weighted by Gasteiger charge is 2.37. The average Bonchev–Trinajstić information content (AvgIpc) is 2.86. The van der Waals surface area contributed by atoms with Gasteiger partial charge in [0.05, 0.1) is 18.4 Å². The molecule has 0 atom stereocenters. The van der Waals surface area contributed by atoms with E-state index in [0.29, 0.717) is 22.6 Å². The molecule has 1 fully saturated rings. The van der Waals surface area contributed by atoms with Gasteiger partial charge in [0.15, 0.2) is 11.5 Å².